The second-order valence-electron chi connectivity index (χ2n) is 6.21. The minimum absolute atomic E-state index is 0.182. The van der Waals surface area contributed by atoms with Crippen LogP contribution < -0.4 is 5.32 Å². The Bertz CT molecular complexity index is 1030. The van der Waals surface area contributed by atoms with Crippen molar-refractivity contribution in [1.82, 2.24) is 9.29 Å². The van der Waals surface area contributed by atoms with E-state index in [2.05, 4.69) is 10.3 Å². The van der Waals surface area contributed by atoms with Gasteiger partial charge in [-0.25, -0.2) is 12.8 Å². The van der Waals surface area contributed by atoms with Gasteiger partial charge in [0.05, 0.1) is 4.90 Å². The summed E-state index contributed by atoms with van der Waals surface area (Å²) in [5, 5.41) is 2.99. The van der Waals surface area contributed by atoms with Crippen LogP contribution in [0.15, 0.2) is 51.8 Å². The first-order chi connectivity index (χ1) is 12.5. The number of nitrogens with zero attached hydrogens (tertiary/aromatic N) is 2. The molecule has 6 nitrogen and oxygen atoms in total. The van der Waals surface area contributed by atoms with Crippen LogP contribution in [0.1, 0.15) is 18.4 Å². The molecule has 0 unspecified atom stereocenters. The highest BCUT2D eigenvalue weighted by atomic mass is 32.2. The molecule has 0 atom stereocenters. The summed E-state index contributed by atoms with van der Waals surface area (Å²) >= 11 is 0. The summed E-state index contributed by atoms with van der Waals surface area (Å²) in [5.41, 5.74) is 1.43. The summed E-state index contributed by atoms with van der Waals surface area (Å²) in [6.45, 7) is 1.55. The molecule has 1 saturated heterocycles. The summed E-state index contributed by atoms with van der Waals surface area (Å²) in [7, 11) is -3.40. The molecule has 2 aromatic carbocycles. The zero-order valence-corrected chi connectivity index (χ0v) is 14.8. The number of fused-ring (bicyclic) bond motifs is 1. The van der Waals surface area contributed by atoms with Crippen molar-refractivity contribution in [2.45, 2.75) is 24.3 Å². The number of halogens is 1. The molecule has 2 heterocycles. The minimum Gasteiger partial charge on any atom is -0.423 e. The van der Waals surface area contributed by atoms with Gasteiger partial charge in [0.1, 0.15) is 5.52 Å². The lowest BCUT2D eigenvalue weighted by molar-refractivity contribution is 0.477. The normalized spacial score (nSPS) is 15.6. The summed E-state index contributed by atoms with van der Waals surface area (Å²) in [6.07, 6.45) is 1.82. The largest absolute Gasteiger partial charge is 0.423 e. The van der Waals surface area contributed by atoms with E-state index >= 15 is 0 Å². The first-order valence-electron chi connectivity index (χ1n) is 8.42. The van der Waals surface area contributed by atoms with Gasteiger partial charge < -0.3 is 9.73 Å². The molecule has 8 heteroatoms. The average molecular weight is 375 g/mol. The molecule has 1 N–H and O–H groups in total. The molecule has 0 aliphatic carbocycles. The first kappa shape index (κ1) is 17.0. The van der Waals surface area contributed by atoms with Crippen molar-refractivity contribution < 1.29 is 17.2 Å². The fourth-order valence-corrected chi connectivity index (χ4v) is 4.54. The molecule has 3 aromatic rings. The highest BCUT2D eigenvalue weighted by Crippen LogP contribution is 2.23. The van der Waals surface area contributed by atoms with Crippen LogP contribution in [0.3, 0.4) is 0 Å². The Kier molecular flexibility index (Phi) is 4.37. The number of oxazole rings is 1. The van der Waals surface area contributed by atoms with Gasteiger partial charge in [-0.15, -0.1) is 0 Å². The summed E-state index contributed by atoms with van der Waals surface area (Å²) in [5.74, 6) is -0.434. The Balaban J connectivity index is 1.46. The van der Waals surface area contributed by atoms with Gasteiger partial charge in [-0.2, -0.15) is 9.29 Å². The third kappa shape index (κ3) is 3.17. The topological polar surface area (TPSA) is 75.4 Å². The quantitative estimate of drug-likeness (QED) is 0.740. The predicted molar refractivity (Wildman–Crippen MR) is 95.7 cm³/mol. The highest BCUT2D eigenvalue weighted by Gasteiger charge is 2.26. The zero-order chi connectivity index (χ0) is 18.1. The van der Waals surface area contributed by atoms with E-state index in [1.165, 1.54) is 10.4 Å². The van der Waals surface area contributed by atoms with E-state index in [-0.39, 0.29) is 11.5 Å². The molecule has 1 fully saturated rings. The summed E-state index contributed by atoms with van der Waals surface area (Å²) in [6, 6.07) is 11.5. The smallest absolute Gasteiger partial charge is 0.296 e. The van der Waals surface area contributed by atoms with Gasteiger partial charge in [-0.3, -0.25) is 0 Å². The van der Waals surface area contributed by atoms with Gasteiger partial charge >= 0.3 is 0 Å². The van der Waals surface area contributed by atoms with Crippen LogP contribution >= 0.6 is 0 Å². The van der Waals surface area contributed by atoms with E-state index < -0.39 is 15.8 Å². The Morgan fingerprint density at radius 1 is 1.12 bits per heavy atom. The van der Waals surface area contributed by atoms with Crippen molar-refractivity contribution in [3.8, 4) is 0 Å². The number of rotatable bonds is 5. The van der Waals surface area contributed by atoms with Gasteiger partial charge in [0.2, 0.25) is 10.0 Å². The van der Waals surface area contributed by atoms with E-state index in [1.807, 2.05) is 0 Å². The number of sulfonamides is 1. The standard InChI is InChI=1S/C18H18FN3O3S/c19-15-4-3-5-16-17(15)21-18(25-16)20-12-13-6-8-14(9-7-13)26(23,24)22-10-1-2-11-22/h3-9H,1-2,10-12H2,(H,20,21). The lowest BCUT2D eigenvalue weighted by Gasteiger charge is -2.15. The number of nitrogens with one attached hydrogen (secondary N) is 1. The van der Waals surface area contributed by atoms with Crippen LogP contribution in [0.2, 0.25) is 0 Å². The number of para-hydroxylation sites is 1. The summed E-state index contributed by atoms with van der Waals surface area (Å²) < 4.78 is 45.6. The Morgan fingerprint density at radius 3 is 2.54 bits per heavy atom. The number of anilines is 1. The third-order valence-corrected chi connectivity index (χ3v) is 6.35. The van der Waals surface area contributed by atoms with Gasteiger partial charge in [-0.05, 0) is 42.7 Å². The number of hydrogen-bond acceptors (Lipinski definition) is 5. The molecule has 4 rings (SSSR count). The van der Waals surface area contributed by atoms with Crippen molar-refractivity contribution in [3.05, 3.63) is 53.8 Å². The molecular weight excluding hydrogens is 357 g/mol. The van der Waals surface area contributed by atoms with E-state index in [9.17, 15) is 12.8 Å². The Labute approximate surface area is 150 Å². The van der Waals surface area contributed by atoms with E-state index in [4.69, 9.17) is 4.42 Å². The highest BCUT2D eigenvalue weighted by molar-refractivity contribution is 7.89. The molecule has 0 bridgehead atoms. The van der Waals surface area contributed by atoms with Crippen molar-refractivity contribution in [2.24, 2.45) is 0 Å². The maximum absolute atomic E-state index is 13.6. The maximum atomic E-state index is 13.6. The van der Waals surface area contributed by atoms with Crippen LogP contribution in [0.4, 0.5) is 10.4 Å². The molecular formula is C18H18FN3O3S. The van der Waals surface area contributed by atoms with Gasteiger partial charge in [0.15, 0.2) is 11.4 Å². The first-order valence-corrected chi connectivity index (χ1v) is 9.86. The van der Waals surface area contributed by atoms with Crippen LogP contribution in [-0.4, -0.2) is 30.8 Å². The van der Waals surface area contributed by atoms with E-state index in [0.717, 1.165) is 18.4 Å². The van der Waals surface area contributed by atoms with Crippen LogP contribution in [0, 0.1) is 5.82 Å². The number of hydrogen-bond donors (Lipinski definition) is 1. The monoisotopic (exact) mass is 375 g/mol. The fraction of sp³-hybridized carbons (Fsp3) is 0.278. The molecule has 26 heavy (non-hydrogen) atoms. The van der Waals surface area contributed by atoms with Gasteiger partial charge in [0.25, 0.3) is 6.01 Å². The number of benzene rings is 2. The molecule has 136 valence electrons. The molecule has 0 radical (unpaired) electrons. The van der Waals surface area contributed by atoms with Crippen molar-refractivity contribution in [2.75, 3.05) is 18.4 Å². The number of aromatic nitrogens is 1. The third-order valence-electron chi connectivity index (χ3n) is 4.44. The Morgan fingerprint density at radius 2 is 1.85 bits per heavy atom. The molecule has 1 aromatic heterocycles. The fourth-order valence-electron chi connectivity index (χ4n) is 3.03. The Hall–Kier alpha value is -2.45. The van der Waals surface area contributed by atoms with Gasteiger partial charge in [0, 0.05) is 19.6 Å². The van der Waals surface area contributed by atoms with Crippen molar-refractivity contribution in [1.29, 1.82) is 0 Å². The lowest BCUT2D eigenvalue weighted by Crippen LogP contribution is -2.27. The zero-order valence-electron chi connectivity index (χ0n) is 14.0. The maximum Gasteiger partial charge on any atom is 0.296 e. The predicted octanol–water partition coefficient (Wildman–Crippen LogP) is 3.36. The van der Waals surface area contributed by atoms with Crippen molar-refractivity contribution >= 4 is 27.1 Å². The van der Waals surface area contributed by atoms with E-state index in [1.54, 1.807) is 36.4 Å². The van der Waals surface area contributed by atoms with Crippen LogP contribution in [0.25, 0.3) is 11.1 Å². The second kappa shape index (κ2) is 6.69. The average Bonchev–Trinajstić information content (AvgIpc) is 3.31. The molecule has 1 aliphatic rings. The molecule has 0 amide bonds. The van der Waals surface area contributed by atoms with Crippen molar-refractivity contribution in [3.63, 3.8) is 0 Å². The summed E-state index contributed by atoms with van der Waals surface area (Å²) in [4.78, 5) is 4.38. The molecule has 0 saturated carbocycles. The van der Waals surface area contributed by atoms with Crippen LogP contribution in [-0.2, 0) is 16.6 Å². The SMILES string of the molecule is O=S(=O)(c1ccc(CNc2nc3c(F)cccc3o2)cc1)N1CCCC1. The molecule has 1 aliphatic heterocycles. The second-order valence-corrected chi connectivity index (χ2v) is 8.15. The lowest BCUT2D eigenvalue weighted by atomic mass is 10.2. The van der Waals surface area contributed by atoms with E-state index in [0.29, 0.717) is 30.1 Å². The minimum atomic E-state index is -3.40. The van der Waals surface area contributed by atoms with Gasteiger partial charge in [-0.1, -0.05) is 18.2 Å². The van der Waals surface area contributed by atoms with Crippen LogP contribution in [0.5, 0.6) is 0 Å². The molecule has 0 spiro atoms.